The van der Waals surface area contributed by atoms with Gasteiger partial charge in [0.05, 0.1) is 0 Å². The van der Waals surface area contributed by atoms with Crippen molar-refractivity contribution >= 4 is 11.8 Å². The Balaban J connectivity index is 2.20. The molecule has 2 rings (SSSR count). The summed E-state index contributed by atoms with van der Waals surface area (Å²) in [7, 11) is 0. The van der Waals surface area contributed by atoms with E-state index in [0.29, 0.717) is 0 Å². The normalized spacial score (nSPS) is 17.1. The number of nitrogens with zero attached hydrogens (tertiary/aromatic N) is 3. The van der Waals surface area contributed by atoms with E-state index in [1.54, 1.807) is 12.1 Å². The van der Waals surface area contributed by atoms with E-state index >= 15 is 0 Å². The van der Waals surface area contributed by atoms with Gasteiger partial charge in [0.15, 0.2) is 0 Å². The van der Waals surface area contributed by atoms with Gasteiger partial charge in [0, 0.05) is 19.3 Å². The first-order chi connectivity index (χ1) is 7.50. The molecule has 16 heavy (non-hydrogen) atoms. The summed E-state index contributed by atoms with van der Waals surface area (Å²) in [6.45, 7) is -0.367. The summed E-state index contributed by atoms with van der Waals surface area (Å²) < 4.78 is 37.1. The third kappa shape index (κ3) is 1.80. The molecule has 0 unspecified atom stereocenters. The van der Waals surface area contributed by atoms with Crippen LogP contribution < -0.4 is 4.90 Å². The molecule has 1 saturated heterocycles. The minimum atomic E-state index is -4.62. The first-order valence-electron chi connectivity index (χ1n) is 4.57. The second kappa shape index (κ2) is 3.66. The van der Waals surface area contributed by atoms with Crippen molar-refractivity contribution in [2.45, 2.75) is 6.30 Å². The minimum Gasteiger partial charge on any atom is -0.276 e. The van der Waals surface area contributed by atoms with Crippen LogP contribution in [0.5, 0.6) is 0 Å². The molecule has 2 amide bonds. The Labute approximate surface area is 89.3 Å². The first kappa shape index (κ1) is 10.7. The van der Waals surface area contributed by atoms with Crippen molar-refractivity contribution in [2.24, 2.45) is 0 Å². The number of halogens is 3. The number of anilines is 1. The molecule has 0 atom stereocenters. The molecule has 2 heterocycles. The molecule has 0 aliphatic carbocycles. The molecular weight excluding hydrogens is 223 g/mol. The molecule has 1 fully saturated rings. The van der Waals surface area contributed by atoms with Crippen LogP contribution in [0.15, 0.2) is 24.4 Å². The molecule has 1 aliphatic rings. The smallest absolute Gasteiger partial charge is 0.276 e. The highest BCUT2D eigenvalue weighted by molar-refractivity contribution is 5.93. The number of hydrogen-bond acceptors (Lipinski definition) is 2. The van der Waals surface area contributed by atoms with E-state index in [2.05, 4.69) is 4.98 Å². The zero-order valence-electron chi connectivity index (χ0n) is 8.11. The number of alkyl halides is 3. The average Bonchev–Trinajstić information content (AvgIpc) is 2.61. The molecule has 1 aromatic heterocycles. The fraction of sp³-hybridized carbons (Fsp3) is 0.333. The van der Waals surface area contributed by atoms with E-state index in [-0.39, 0.29) is 23.8 Å². The third-order valence-corrected chi connectivity index (χ3v) is 2.24. The first-order valence-corrected chi connectivity index (χ1v) is 4.57. The van der Waals surface area contributed by atoms with E-state index in [0.717, 1.165) is 4.90 Å². The van der Waals surface area contributed by atoms with Gasteiger partial charge < -0.3 is 0 Å². The quantitative estimate of drug-likeness (QED) is 0.691. The van der Waals surface area contributed by atoms with Gasteiger partial charge in [0.25, 0.3) is 0 Å². The van der Waals surface area contributed by atoms with Crippen molar-refractivity contribution in [2.75, 3.05) is 18.0 Å². The van der Waals surface area contributed by atoms with Crippen molar-refractivity contribution in [3.63, 3.8) is 0 Å². The Morgan fingerprint density at radius 2 is 2.00 bits per heavy atom. The number of urea groups is 1. The van der Waals surface area contributed by atoms with Crippen molar-refractivity contribution in [3.8, 4) is 0 Å². The molecule has 86 valence electrons. The summed E-state index contributed by atoms with van der Waals surface area (Å²) in [6.07, 6.45) is -3.19. The number of pyridine rings is 1. The maximum Gasteiger partial charge on any atom is 0.488 e. The SMILES string of the molecule is O=C1N(c2ccccn2)CCN1C(F)(F)F. The van der Waals surface area contributed by atoms with Gasteiger partial charge in [0.2, 0.25) is 0 Å². The fourth-order valence-corrected chi connectivity index (χ4v) is 1.50. The van der Waals surface area contributed by atoms with Gasteiger partial charge in [-0.05, 0) is 12.1 Å². The summed E-state index contributed by atoms with van der Waals surface area (Å²) in [5.74, 6) is 0.235. The number of aromatic nitrogens is 1. The molecule has 0 spiro atoms. The van der Waals surface area contributed by atoms with E-state index in [1.807, 2.05) is 0 Å². The molecule has 0 bridgehead atoms. The van der Waals surface area contributed by atoms with Crippen LogP contribution in [0.25, 0.3) is 0 Å². The lowest BCUT2D eigenvalue weighted by Crippen LogP contribution is -2.41. The molecule has 0 N–H and O–H groups in total. The fourth-order valence-electron chi connectivity index (χ4n) is 1.50. The molecule has 1 aliphatic heterocycles. The summed E-state index contributed by atoms with van der Waals surface area (Å²) in [6, 6.07) is 3.67. The van der Waals surface area contributed by atoms with Gasteiger partial charge in [-0.1, -0.05) is 6.07 Å². The van der Waals surface area contributed by atoms with Crippen LogP contribution >= 0.6 is 0 Å². The van der Waals surface area contributed by atoms with Gasteiger partial charge in [-0.2, -0.15) is 0 Å². The maximum atomic E-state index is 12.4. The standard InChI is InChI=1S/C9H8F3N3O/c10-9(11,12)15-6-5-14(8(15)16)7-3-1-2-4-13-7/h1-4H,5-6H2. The van der Waals surface area contributed by atoms with Gasteiger partial charge in [-0.25, -0.2) is 14.7 Å². The predicted molar refractivity (Wildman–Crippen MR) is 49.7 cm³/mol. The van der Waals surface area contributed by atoms with Crippen LogP contribution in [0.2, 0.25) is 0 Å². The third-order valence-electron chi connectivity index (χ3n) is 2.24. The second-order valence-electron chi connectivity index (χ2n) is 3.24. The Hall–Kier alpha value is -1.79. The molecule has 0 aromatic carbocycles. The molecule has 0 saturated carbocycles. The average molecular weight is 231 g/mol. The number of amides is 2. The largest absolute Gasteiger partial charge is 0.488 e. The molecular formula is C9H8F3N3O. The highest BCUT2D eigenvalue weighted by Gasteiger charge is 2.47. The van der Waals surface area contributed by atoms with Gasteiger partial charge in [-0.3, -0.25) is 4.90 Å². The van der Waals surface area contributed by atoms with Crippen molar-refractivity contribution in [1.29, 1.82) is 0 Å². The number of hydrogen-bond donors (Lipinski definition) is 0. The van der Waals surface area contributed by atoms with Gasteiger partial charge >= 0.3 is 12.3 Å². The van der Waals surface area contributed by atoms with E-state index in [9.17, 15) is 18.0 Å². The van der Waals surface area contributed by atoms with Crippen LogP contribution in [0.4, 0.5) is 23.8 Å². The summed E-state index contributed by atoms with van der Waals surface area (Å²) in [5, 5.41) is 0. The van der Waals surface area contributed by atoms with Crippen LogP contribution in [0.3, 0.4) is 0 Å². The van der Waals surface area contributed by atoms with Crippen molar-refractivity contribution in [3.05, 3.63) is 24.4 Å². The van der Waals surface area contributed by atoms with E-state index < -0.39 is 12.3 Å². The Morgan fingerprint density at radius 1 is 1.25 bits per heavy atom. The predicted octanol–water partition coefficient (Wildman–Crippen LogP) is 1.84. The van der Waals surface area contributed by atoms with Gasteiger partial charge in [-0.15, -0.1) is 13.2 Å². The number of carbonyl (C=O) groups excluding carboxylic acids is 1. The van der Waals surface area contributed by atoms with Crippen LogP contribution in [-0.4, -0.2) is 35.3 Å². The Morgan fingerprint density at radius 3 is 2.50 bits per heavy atom. The molecule has 4 nitrogen and oxygen atoms in total. The Kier molecular flexibility index (Phi) is 2.45. The highest BCUT2D eigenvalue weighted by Crippen LogP contribution is 2.27. The Bertz CT molecular complexity index is 393. The van der Waals surface area contributed by atoms with E-state index in [4.69, 9.17) is 0 Å². The van der Waals surface area contributed by atoms with Crippen LogP contribution in [-0.2, 0) is 0 Å². The molecule has 0 radical (unpaired) electrons. The summed E-state index contributed by atoms with van der Waals surface area (Å²) >= 11 is 0. The summed E-state index contributed by atoms with van der Waals surface area (Å²) in [4.78, 5) is 16.2. The van der Waals surface area contributed by atoms with Crippen LogP contribution in [0.1, 0.15) is 0 Å². The topological polar surface area (TPSA) is 36.4 Å². The van der Waals surface area contributed by atoms with Crippen molar-refractivity contribution in [1.82, 2.24) is 9.88 Å². The lowest BCUT2D eigenvalue weighted by molar-refractivity contribution is -0.218. The lowest BCUT2D eigenvalue weighted by Gasteiger charge is -2.19. The highest BCUT2D eigenvalue weighted by atomic mass is 19.4. The number of rotatable bonds is 1. The molecule has 1 aromatic rings. The maximum absolute atomic E-state index is 12.4. The monoisotopic (exact) mass is 231 g/mol. The van der Waals surface area contributed by atoms with Crippen LogP contribution in [0, 0.1) is 0 Å². The summed E-state index contributed by atoms with van der Waals surface area (Å²) in [5.41, 5.74) is 0. The lowest BCUT2D eigenvalue weighted by atomic mass is 10.4. The van der Waals surface area contributed by atoms with Crippen molar-refractivity contribution < 1.29 is 18.0 Å². The number of carbonyl (C=O) groups is 1. The van der Waals surface area contributed by atoms with E-state index in [1.165, 1.54) is 12.3 Å². The van der Waals surface area contributed by atoms with Gasteiger partial charge in [0.1, 0.15) is 5.82 Å². The molecule has 7 heteroatoms. The second-order valence-corrected chi connectivity index (χ2v) is 3.24. The zero-order chi connectivity index (χ0) is 11.8. The zero-order valence-corrected chi connectivity index (χ0v) is 8.11. The minimum absolute atomic E-state index is 0.00461.